The van der Waals surface area contributed by atoms with Crippen LogP contribution >= 0.6 is 11.6 Å². The number of ether oxygens (including phenoxy) is 1. The molecule has 0 unspecified atom stereocenters. The molecule has 1 amide bonds. The van der Waals surface area contributed by atoms with Crippen molar-refractivity contribution in [1.29, 1.82) is 0 Å². The second-order valence-corrected chi connectivity index (χ2v) is 7.24. The van der Waals surface area contributed by atoms with E-state index >= 15 is 0 Å². The van der Waals surface area contributed by atoms with Gasteiger partial charge >= 0.3 is 0 Å². The van der Waals surface area contributed by atoms with Crippen molar-refractivity contribution in [3.8, 4) is 5.75 Å². The van der Waals surface area contributed by atoms with E-state index in [1.54, 1.807) is 24.3 Å². The third-order valence-corrected chi connectivity index (χ3v) is 5.14. The number of amides is 1. The number of rotatable bonds is 7. The zero-order chi connectivity index (χ0) is 20.1. The normalized spacial score (nSPS) is 11.9. The molecular formula is C24H21ClN2O2. The van der Waals surface area contributed by atoms with Gasteiger partial charge in [-0.05, 0) is 41.5 Å². The van der Waals surface area contributed by atoms with E-state index < -0.39 is 0 Å². The van der Waals surface area contributed by atoms with E-state index in [1.807, 2.05) is 36.5 Å². The first-order valence-corrected chi connectivity index (χ1v) is 9.84. The summed E-state index contributed by atoms with van der Waals surface area (Å²) in [7, 11) is 0. The molecule has 1 aromatic heterocycles. The fourth-order valence-electron chi connectivity index (χ4n) is 3.42. The highest BCUT2D eigenvalue weighted by Gasteiger charge is 2.19. The van der Waals surface area contributed by atoms with Gasteiger partial charge in [-0.1, -0.05) is 60.1 Å². The van der Waals surface area contributed by atoms with Crippen LogP contribution in [0.15, 0.2) is 85.1 Å². The molecule has 4 aromatic rings. The van der Waals surface area contributed by atoms with E-state index in [0.717, 1.165) is 22.0 Å². The van der Waals surface area contributed by atoms with E-state index in [0.29, 0.717) is 17.3 Å². The maximum Gasteiger partial charge on any atom is 0.257 e. The van der Waals surface area contributed by atoms with Crippen LogP contribution in [0.25, 0.3) is 10.9 Å². The SMILES string of the molecule is O=C(COc1ccc(Cl)cc1)NC[C@@H](c1ccccc1)c1c[nH]c2ccccc12. The summed E-state index contributed by atoms with van der Waals surface area (Å²) >= 11 is 5.87. The number of benzene rings is 3. The molecule has 0 aliphatic carbocycles. The summed E-state index contributed by atoms with van der Waals surface area (Å²) in [5.74, 6) is 0.480. The van der Waals surface area contributed by atoms with E-state index in [1.165, 1.54) is 0 Å². The quantitative estimate of drug-likeness (QED) is 0.447. The molecule has 1 heterocycles. The van der Waals surface area contributed by atoms with Gasteiger partial charge in [-0.25, -0.2) is 0 Å². The predicted octanol–water partition coefficient (Wildman–Crippen LogP) is 5.15. The summed E-state index contributed by atoms with van der Waals surface area (Å²) in [4.78, 5) is 15.7. The van der Waals surface area contributed by atoms with Crippen molar-refractivity contribution in [1.82, 2.24) is 10.3 Å². The van der Waals surface area contributed by atoms with E-state index in [4.69, 9.17) is 16.3 Å². The second-order valence-electron chi connectivity index (χ2n) is 6.80. The van der Waals surface area contributed by atoms with Crippen LogP contribution in [0.4, 0.5) is 0 Å². The zero-order valence-corrected chi connectivity index (χ0v) is 16.5. The number of hydrogen-bond donors (Lipinski definition) is 2. The van der Waals surface area contributed by atoms with Crippen molar-refractivity contribution in [3.05, 3.63) is 101 Å². The van der Waals surface area contributed by atoms with Crippen LogP contribution in [0.2, 0.25) is 5.02 Å². The number of para-hydroxylation sites is 1. The third kappa shape index (κ3) is 4.61. The standard InChI is InChI=1S/C24H21ClN2O2/c25-18-10-12-19(13-11-18)29-16-24(28)27-14-21(17-6-2-1-3-7-17)22-15-26-23-9-5-4-8-20(22)23/h1-13,15,21,26H,14,16H2,(H,27,28)/t21-/m0/s1. The number of H-pyrrole nitrogens is 1. The number of carbonyl (C=O) groups is 1. The Morgan fingerprint density at radius 3 is 2.48 bits per heavy atom. The molecule has 1 atom stereocenters. The molecule has 0 aliphatic heterocycles. The highest BCUT2D eigenvalue weighted by Crippen LogP contribution is 2.30. The Hall–Kier alpha value is -3.24. The van der Waals surface area contributed by atoms with Gasteiger partial charge in [0.25, 0.3) is 5.91 Å². The average Bonchev–Trinajstić information content (AvgIpc) is 3.18. The summed E-state index contributed by atoms with van der Waals surface area (Å²) in [5.41, 5.74) is 3.39. The molecule has 5 heteroatoms. The summed E-state index contributed by atoms with van der Waals surface area (Å²) in [6, 6.07) is 25.3. The zero-order valence-electron chi connectivity index (χ0n) is 15.8. The van der Waals surface area contributed by atoms with Crippen molar-refractivity contribution >= 4 is 28.4 Å². The maximum absolute atomic E-state index is 12.4. The van der Waals surface area contributed by atoms with Gasteiger partial charge in [-0.2, -0.15) is 0 Å². The first kappa shape index (κ1) is 19.1. The van der Waals surface area contributed by atoms with Crippen LogP contribution in [-0.4, -0.2) is 24.0 Å². The van der Waals surface area contributed by atoms with Crippen LogP contribution in [0.5, 0.6) is 5.75 Å². The van der Waals surface area contributed by atoms with Gasteiger partial charge in [0.2, 0.25) is 0 Å². The summed E-state index contributed by atoms with van der Waals surface area (Å²) in [6.45, 7) is 0.436. The molecule has 0 aliphatic rings. The number of halogens is 1. The number of carbonyl (C=O) groups excluding carboxylic acids is 1. The molecule has 0 radical (unpaired) electrons. The molecule has 0 spiro atoms. The number of aromatic amines is 1. The van der Waals surface area contributed by atoms with Crippen LogP contribution in [-0.2, 0) is 4.79 Å². The first-order valence-electron chi connectivity index (χ1n) is 9.47. The molecular weight excluding hydrogens is 384 g/mol. The fourth-order valence-corrected chi connectivity index (χ4v) is 3.55. The number of nitrogens with one attached hydrogen (secondary N) is 2. The smallest absolute Gasteiger partial charge is 0.257 e. The molecule has 4 nitrogen and oxygen atoms in total. The molecule has 0 saturated heterocycles. The highest BCUT2D eigenvalue weighted by molar-refractivity contribution is 6.30. The van der Waals surface area contributed by atoms with Crippen molar-refractivity contribution < 1.29 is 9.53 Å². The summed E-state index contributed by atoms with van der Waals surface area (Å²) in [6.07, 6.45) is 2.03. The van der Waals surface area contributed by atoms with Gasteiger partial charge in [0.1, 0.15) is 5.75 Å². The molecule has 0 bridgehead atoms. The molecule has 29 heavy (non-hydrogen) atoms. The molecule has 3 aromatic carbocycles. The molecule has 2 N–H and O–H groups in total. The van der Waals surface area contributed by atoms with Gasteiger partial charge in [-0.15, -0.1) is 0 Å². The maximum atomic E-state index is 12.4. The Bertz CT molecular complexity index is 1090. The van der Waals surface area contributed by atoms with Gasteiger partial charge in [0.05, 0.1) is 0 Å². The van der Waals surface area contributed by atoms with Crippen LogP contribution in [0.3, 0.4) is 0 Å². The molecule has 4 rings (SSSR count). The van der Waals surface area contributed by atoms with Crippen molar-refractivity contribution in [2.45, 2.75) is 5.92 Å². The van der Waals surface area contributed by atoms with Gasteiger partial charge in [-0.3, -0.25) is 4.79 Å². The largest absolute Gasteiger partial charge is 0.484 e. The Kier molecular flexibility index (Phi) is 5.82. The van der Waals surface area contributed by atoms with Gasteiger partial charge in [0.15, 0.2) is 6.61 Å². The van der Waals surface area contributed by atoms with Crippen molar-refractivity contribution in [2.75, 3.05) is 13.2 Å². The number of fused-ring (bicyclic) bond motifs is 1. The first-order chi connectivity index (χ1) is 14.2. The van der Waals surface area contributed by atoms with Crippen LogP contribution < -0.4 is 10.1 Å². The Labute approximate surface area is 174 Å². The average molecular weight is 405 g/mol. The van der Waals surface area contributed by atoms with E-state index in [2.05, 4.69) is 34.6 Å². The van der Waals surface area contributed by atoms with Crippen molar-refractivity contribution in [3.63, 3.8) is 0 Å². The van der Waals surface area contributed by atoms with E-state index in [-0.39, 0.29) is 18.4 Å². The lowest BCUT2D eigenvalue weighted by Gasteiger charge is -2.18. The van der Waals surface area contributed by atoms with E-state index in [9.17, 15) is 4.79 Å². The minimum Gasteiger partial charge on any atom is -0.484 e. The Balaban J connectivity index is 1.47. The molecule has 0 saturated carbocycles. The van der Waals surface area contributed by atoms with Crippen molar-refractivity contribution in [2.24, 2.45) is 0 Å². The lowest BCUT2D eigenvalue weighted by molar-refractivity contribution is -0.123. The second kappa shape index (κ2) is 8.84. The minimum absolute atomic E-state index is 0.0341. The topological polar surface area (TPSA) is 54.1 Å². The lowest BCUT2D eigenvalue weighted by Crippen LogP contribution is -2.32. The molecule has 146 valence electrons. The van der Waals surface area contributed by atoms with Gasteiger partial charge < -0.3 is 15.0 Å². The minimum atomic E-state index is -0.166. The third-order valence-electron chi connectivity index (χ3n) is 4.89. The highest BCUT2D eigenvalue weighted by atomic mass is 35.5. The predicted molar refractivity (Wildman–Crippen MR) is 117 cm³/mol. The Morgan fingerprint density at radius 2 is 1.69 bits per heavy atom. The van der Waals surface area contributed by atoms with Crippen LogP contribution in [0, 0.1) is 0 Å². The summed E-state index contributed by atoms with van der Waals surface area (Å²) in [5, 5.41) is 4.80. The summed E-state index contributed by atoms with van der Waals surface area (Å²) < 4.78 is 5.54. The van der Waals surface area contributed by atoms with Crippen LogP contribution in [0.1, 0.15) is 17.0 Å². The monoisotopic (exact) mass is 404 g/mol. The molecule has 0 fully saturated rings. The lowest BCUT2D eigenvalue weighted by atomic mass is 9.91. The number of hydrogen-bond acceptors (Lipinski definition) is 2. The number of aromatic nitrogens is 1. The Morgan fingerprint density at radius 1 is 0.966 bits per heavy atom. The fraction of sp³-hybridized carbons (Fsp3) is 0.125. The van der Waals surface area contributed by atoms with Gasteiger partial charge in [0, 0.05) is 34.6 Å².